The minimum Gasteiger partial charge on any atom is -0.481 e. The number of carboxylic acids is 1. The molecule has 11 heavy (non-hydrogen) atoms. The van der Waals surface area contributed by atoms with Gasteiger partial charge in [0.05, 0.1) is 12.5 Å². The number of hydrogen-bond donors (Lipinski definition) is 1. The zero-order chi connectivity index (χ0) is 8.85. The lowest BCUT2D eigenvalue weighted by atomic mass is 10.1. The van der Waals surface area contributed by atoms with Gasteiger partial charge < -0.3 is 14.6 Å². The molecule has 1 N–H and O–H groups in total. The highest BCUT2D eigenvalue weighted by molar-refractivity contribution is 5.82. The van der Waals surface area contributed by atoms with Crippen LogP contribution in [0.4, 0.5) is 0 Å². The Morgan fingerprint density at radius 2 is 2.09 bits per heavy atom. The number of aliphatic carboxylic acids is 1. The number of carbonyl (C=O) groups is 2. The third kappa shape index (κ3) is 4.50. The Kier molecular flexibility index (Phi) is 4.45. The fraction of sp³-hybridized carbons (Fsp3) is 0.714. The van der Waals surface area contributed by atoms with Crippen LogP contribution in [-0.4, -0.2) is 30.6 Å². The number of carboxylic acid groups (broad SMARTS) is 1. The molecule has 4 nitrogen and oxygen atoms in total. The Hall–Kier alpha value is -0.900. The molecule has 0 spiro atoms. The molecule has 0 aliphatic carbocycles. The van der Waals surface area contributed by atoms with E-state index < -0.39 is 11.9 Å². The Balaban J connectivity index is 3.89. The SMILES string of the molecule is COC[C@@H](CC(C)=O)C(=O)O. The summed E-state index contributed by atoms with van der Waals surface area (Å²) in [5.41, 5.74) is 0. The molecular weight excluding hydrogens is 148 g/mol. The molecule has 0 bridgehead atoms. The standard InChI is InChI=1S/C7H12O4/c1-5(8)3-6(4-11-2)7(9)10/h6H,3-4H2,1-2H3,(H,9,10)/t6-/m1/s1. The molecule has 0 radical (unpaired) electrons. The van der Waals surface area contributed by atoms with Crippen molar-refractivity contribution in [3.63, 3.8) is 0 Å². The number of ketones is 1. The van der Waals surface area contributed by atoms with Crippen LogP contribution in [-0.2, 0) is 14.3 Å². The fourth-order valence-corrected chi connectivity index (χ4v) is 0.766. The third-order valence-electron chi connectivity index (χ3n) is 1.25. The molecule has 0 amide bonds. The maximum absolute atomic E-state index is 10.5. The lowest BCUT2D eigenvalue weighted by Gasteiger charge is -2.07. The van der Waals surface area contributed by atoms with E-state index in [4.69, 9.17) is 5.11 Å². The predicted molar refractivity (Wildman–Crippen MR) is 38.3 cm³/mol. The Labute approximate surface area is 65.2 Å². The molecule has 1 atom stereocenters. The average Bonchev–Trinajstić information content (AvgIpc) is 1.86. The smallest absolute Gasteiger partial charge is 0.309 e. The molecule has 0 heterocycles. The number of rotatable bonds is 5. The molecule has 0 aromatic carbocycles. The van der Waals surface area contributed by atoms with Crippen LogP contribution in [0, 0.1) is 5.92 Å². The summed E-state index contributed by atoms with van der Waals surface area (Å²) in [6.45, 7) is 1.46. The first-order valence-corrected chi connectivity index (χ1v) is 3.29. The van der Waals surface area contributed by atoms with Gasteiger partial charge in [0.1, 0.15) is 5.78 Å². The highest BCUT2D eigenvalue weighted by Crippen LogP contribution is 2.03. The lowest BCUT2D eigenvalue weighted by Crippen LogP contribution is -2.21. The summed E-state index contributed by atoms with van der Waals surface area (Å²) in [6, 6.07) is 0. The van der Waals surface area contributed by atoms with E-state index in [0.29, 0.717) is 0 Å². The van der Waals surface area contributed by atoms with Gasteiger partial charge in [-0.3, -0.25) is 4.79 Å². The van der Waals surface area contributed by atoms with Gasteiger partial charge in [-0.15, -0.1) is 0 Å². The molecule has 64 valence electrons. The summed E-state index contributed by atoms with van der Waals surface area (Å²) in [5, 5.41) is 8.52. The van der Waals surface area contributed by atoms with Gasteiger partial charge in [-0.2, -0.15) is 0 Å². The first kappa shape index (κ1) is 10.1. The van der Waals surface area contributed by atoms with E-state index in [-0.39, 0.29) is 18.8 Å². The van der Waals surface area contributed by atoms with Gasteiger partial charge in [-0.1, -0.05) is 0 Å². The van der Waals surface area contributed by atoms with E-state index in [9.17, 15) is 9.59 Å². The zero-order valence-electron chi connectivity index (χ0n) is 6.66. The van der Waals surface area contributed by atoms with Crippen molar-refractivity contribution in [3.05, 3.63) is 0 Å². The summed E-state index contributed by atoms with van der Waals surface area (Å²) < 4.78 is 4.63. The van der Waals surface area contributed by atoms with Crippen molar-refractivity contribution in [2.24, 2.45) is 5.92 Å². The molecule has 0 aromatic heterocycles. The molecule has 0 fully saturated rings. The van der Waals surface area contributed by atoms with Gasteiger partial charge in [0.2, 0.25) is 0 Å². The predicted octanol–water partition coefficient (Wildman–Crippen LogP) is 0.313. The molecule has 0 aliphatic rings. The van der Waals surface area contributed by atoms with Crippen LogP contribution in [0.3, 0.4) is 0 Å². The third-order valence-corrected chi connectivity index (χ3v) is 1.25. The minimum absolute atomic E-state index is 0.0448. The average molecular weight is 160 g/mol. The molecule has 0 rings (SSSR count). The lowest BCUT2D eigenvalue weighted by molar-refractivity contribution is -0.145. The van der Waals surface area contributed by atoms with Crippen LogP contribution in [0.15, 0.2) is 0 Å². The summed E-state index contributed by atoms with van der Waals surface area (Å²) in [5.74, 6) is -1.81. The van der Waals surface area contributed by atoms with Crippen LogP contribution in [0.1, 0.15) is 13.3 Å². The first-order valence-electron chi connectivity index (χ1n) is 3.29. The van der Waals surface area contributed by atoms with Crippen LogP contribution >= 0.6 is 0 Å². The number of ether oxygens (including phenoxy) is 1. The Morgan fingerprint density at radius 1 is 1.55 bits per heavy atom. The van der Waals surface area contributed by atoms with Gasteiger partial charge >= 0.3 is 5.97 Å². The van der Waals surface area contributed by atoms with E-state index in [0.717, 1.165) is 0 Å². The van der Waals surface area contributed by atoms with Crippen LogP contribution in [0.2, 0.25) is 0 Å². The van der Waals surface area contributed by atoms with Gasteiger partial charge in [-0.05, 0) is 6.92 Å². The van der Waals surface area contributed by atoms with Gasteiger partial charge in [-0.25, -0.2) is 0 Å². The highest BCUT2D eigenvalue weighted by atomic mass is 16.5. The molecule has 0 aliphatic heterocycles. The normalized spacial score (nSPS) is 12.5. The van der Waals surface area contributed by atoms with E-state index >= 15 is 0 Å². The fourth-order valence-electron chi connectivity index (χ4n) is 0.766. The van der Waals surface area contributed by atoms with Crippen molar-refractivity contribution >= 4 is 11.8 Å². The molecule has 0 unspecified atom stereocenters. The van der Waals surface area contributed by atoms with Crippen molar-refractivity contribution in [3.8, 4) is 0 Å². The van der Waals surface area contributed by atoms with E-state index in [1.807, 2.05) is 0 Å². The minimum atomic E-state index is -0.984. The maximum atomic E-state index is 10.5. The highest BCUT2D eigenvalue weighted by Gasteiger charge is 2.18. The maximum Gasteiger partial charge on any atom is 0.309 e. The monoisotopic (exact) mass is 160 g/mol. The largest absolute Gasteiger partial charge is 0.481 e. The number of methoxy groups -OCH3 is 1. The summed E-state index contributed by atoms with van der Waals surface area (Å²) in [7, 11) is 1.41. The number of carbonyl (C=O) groups excluding carboxylic acids is 1. The van der Waals surface area contributed by atoms with E-state index in [1.54, 1.807) is 0 Å². The quantitative estimate of drug-likeness (QED) is 0.628. The summed E-state index contributed by atoms with van der Waals surface area (Å²) >= 11 is 0. The van der Waals surface area contributed by atoms with Crippen molar-refractivity contribution in [2.75, 3.05) is 13.7 Å². The molecule has 4 heteroatoms. The number of Topliss-reactive ketones (excluding diaryl/α,β-unsaturated/α-hetero) is 1. The second kappa shape index (κ2) is 4.85. The van der Waals surface area contributed by atoms with Crippen LogP contribution in [0.25, 0.3) is 0 Å². The Morgan fingerprint density at radius 3 is 2.36 bits per heavy atom. The molecule has 0 aromatic rings. The van der Waals surface area contributed by atoms with Gasteiger partial charge in [0, 0.05) is 13.5 Å². The van der Waals surface area contributed by atoms with Gasteiger partial charge in [0.25, 0.3) is 0 Å². The topological polar surface area (TPSA) is 63.6 Å². The second-order valence-electron chi connectivity index (χ2n) is 2.40. The van der Waals surface area contributed by atoms with Crippen LogP contribution < -0.4 is 0 Å². The van der Waals surface area contributed by atoms with Crippen molar-refractivity contribution in [1.82, 2.24) is 0 Å². The Bertz CT molecular complexity index is 153. The van der Waals surface area contributed by atoms with E-state index in [2.05, 4.69) is 4.74 Å². The number of hydrogen-bond acceptors (Lipinski definition) is 3. The van der Waals surface area contributed by atoms with Crippen molar-refractivity contribution < 1.29 is 19.4 Å². The molecule has 0 saturated carbocycles. The molecular formula is C7H12O4. The van der Waals surface area contributed by atoms with Crippen LogP contribution in [0.5, 0.6) is 0 Å². The summed E-state index contributed by atoms with van der Waals surface area (Å²) in [4.78, 5) is 20.9. The van der Waals surface area contributed by atoms with Crippen molar-refractivity contribution in [1.29, 1.82) is 0 Å². The molecule has 0 saturated heterocycles. The van der Waals surface area contributed by atoms with Crippen molar-refractivity contribution in [2.45, 2.75) is 13.3 Å². The summed E-state index contributed by atoms with van der Waals surface area (Å²) in [6.07, 6.45) is 0.0448. The second-order valence-corrected chi connectivity index (χ2v) is 2.40. The first-order chi connectivity index (χ1) is 5.07. The van der Waals surface area contributed by atoms with E-state index in [1.165, 1.54) is 14.0 Å². The zero-order valence-corrected chi connectivity index (χ0v) is 6.66. The van der Waals surface area contributed by atoms with Gasteiger partial charge in [0.15, 0.2) is 0 Å².